The van der Waals surface area contributed by atoms with Crippen LogP contribution in [0.15, 0.2) is 0 Å². The number of carbonyl (C=O) groups excluding carboxylic acids is 3. The molecule has 0 aliphatic heterocycles. The van der Waals surface area contributed by atoms with Crippen molar-refractivity contribution in [1.29, 1.82) is 0 Å². The molecule has 0 saturated carbocycles. The number of ether oxygens (including phenoxy) is 1. The van der Waals surface area contributed by atoms with Gasteiger partial charge in [-0.3, -0.25) is 18.9 Å². The Morgan fingerprint density at radius 1 is 1.22 bits per heavy atom. The van der Waals surface area contributed by atoms with Gasteiger partial charge < -0.3 is 15.0 Å². The third kappa shape index (κ3) is 6.44. The number of rotatable bonds is 8. The summed E-state index contributed by atoms with van der Waals surface area (Å²) >= 11 is 5.68. The van der Waals surface area contributed by atoms with Gasteiger partial charge in [0.2, 0.25) is 0 Å². The van der Waals surface area contributed by atoms with E-state index >= 15 is 0 Å². The summed E-state index contributed by atoms with van der Waals surface area (Å²) < 4.78 is 36.5. The molecule has 2 amide bonds. The zero-order chi connectivity index (χ0) is 20.9. The van der Waals surface area contributed by atoms with Crippen LogP contribution in [-0.2, 0) is 19.6 Å². The van der Waals surface area contributed by atoms with Gasteiger partial charge in [-0.15, -0.1) is 0 Å². The molecule has 2 N–H and O–H groups in total. The molecule has 0 aliphatic carbocycles. The van der Waals surface area contributed by atoms with Crippen molar-refractivity contribution in [1.82, 2.24) is 5.32 Å². The standard InChI is InChI=1S/C14H15I3N2O7S/c1-19(8(21)6-26-2)13-11(16)7(5-20)10(15)9(12(13)17)14(22)18-3-4-27(23,24)25/h5H,3-4,6H2,1-2H3,(H,18,22)(H,23,24,25). The van der Waals surface area contributed by atoms with E-state index in [9.17, 15) is 22.8 Å². The van der Waals surface area contributed by atoms with Crippen LogP contribution >= 0.6 is 67.8 Å². The highest BCUT2D eigenvalue weighted by Gasteiger charge is 2.28. The maximum absolute atomic E-state index is 12.6. The van der Waals surface area contributed by atoms with Crippen LogP contribution in [0.4, 0.5) is 5.69 Å². The van der Waals surface area contributed by atoms with Gasteiger partial charge in [-0.05, 0) is 67.8 Å². The number of hydrogen-bond acceptors (Lipinski definition) is 6. The Hall–Kier alpha value is -0.110. The second kappa shape index (κ2) is 10.6. The Labute approximate surface area is 197 Å². The molecule has 27 heavy (non-hydrogen) atoms. The third-order valence-corrected chi connectivity index (χ3v) is 7.28. The summed E-state index contributed by atoms with van der Waals surface area (Å²) in [6.45, 7) is -0.485. The minimum absolute atomic E-state index is 0.140. The van der Waals surface area contributed by atoms with E-state index in [4.69, 9.17) is 9.29 Å². The maximum Gasteiger partial charge on any atom is 0.266 e. The number of anilines is 1. The highest BCUT2D eigenvalue weighted by molar-refractivity contribution is 14.1. The van der Waals surface area contributed by atoms with Crippen LogP contribution in [0, 0.1) is 10.7 Å². The van der Waals surface area contributed by atoms with E-state index in [0.717, 1.165) is 0 Å². The van der Waals surface area contributed by atoms with Crippen molar-refractivity contribution in [3.63, 3.8) is 0 Å². The van der Waals surface area contributed by atoms with E-state index in [2.05, 4.69) is 5.32 Å². The first-order valence-corrected chi connectivity index (χ1v) is 11.9. The molecule has 13 heteroatoms. The maximum atomic E-state index is 12.6. The Bertz CT molecular complexity index is 874. The van der Waals surface area contributed by atoms with Crippen molar-refractivity contribution >= 4 is 102 Å². The average Bonchev–Trinajstić information content (AvgIpc) is 2.54. The number of likely N-dealkylation sites (N-methyl/N-ethyl adjacent to an activating group) is 1. The number of halogens is 3. The number of aldehydes is 1. The Morgan fingerprint density at radius 2 is 1.81 bits per heavy atom. The summed E-state index contributed by atoms with van der Waals surface area (Å²) in [7, 11) is -1.35. The molecule has 150 valence electrons. The summed E-state index contributed by atoms with van der Waals surface area (Å²) in [6.07, 6.45) is 0.590. The van der Waals surface area contributed by atoms with Gasteiger partial charge in [-0.2, -0.15) is 8.42 Å². The van der Waals surface area contributed by atoms with E-state index in [1.165, 1.54) is 19.1 Å². The van der Waals surface area contributed by atoms with Crippen molar-refractivity contribution < 1.29 is 32.1 Å². The molecular formula is C14H15I3N2O7S. The predicted molar refractivity (Wildman–Crippen MR) is 124 cm³/mol. The fraction of sp³-hybridized carbons (Fsp3) is 0.357. The molecule has 0 fully saturated rings. The quantitative estimate of drug-likeness (QED) is 0.236. The molecule has 0 heterocycles. The molecule has 0 atom stereocenters. The van der Waals surface area contributed by atoms with Gasteiger partial charge in [0, 0.05) is 33.4 Å². The molecule has 0 aromatic heterocycles. The zero-order valence-electron chi connectivity index (χ0n) is 14.1. The lowest BCUT2D eigenvalue weighted by Crippen LogP contribution is -2.34. The largest absolute Gasteiger partial charge is 0.375 e. The van der Waals surface area contributed by atoms with E-state index < -0.39 is 21.8 Å². The van der Waals surface area contributed by atoms with Crippen LogP contribution in [0.1, 0.15) is 20.7 Å². The average molecular weight is 736 g/mol. The van der Waals surface area contributed by atoms with Crippen LogP contribution in [0.5, 0.6) is 0 Å². The first-order chi connectivity index (χ1) is 12.5. The molecular weight excluding hydrogens is 721 g/mol. The third-order valence-electron chi connectivity index (χ3n) is 3.30. The number of amides is 2. The zero-order valence-corrected chi connectivity index (χ0v) is 21.4. The van der Waals surface area contributed by atoms with Gasteiger partial charge in [0.05, 0.1) is 20.6 Å². The number of benzene rings is 1. The van der Waals surface area contributed by atoms with Crippen LogP contribution in [0.3, 0.4) is 0 Å². The number of hydrogen-bond donors (Lipinski definition) is 2. The van der Waals surface area contributed by atoms with E-state index in [1.807, 2.05) is 67.8 Å². The molecule has 1 aromatic carbocycles. The second-order valence-corrected chi connectivity index (χ2v) is 9.93. The molecule has 0 unspecified atom stereocenters. The van der Waals surface area contributed by atoms with Gasteiger partial charge in [-0.1, -0.05) is 0 Å². The van der Waals surface area contributed by atoms with Crippen molar-refractivity contribution in [2.45, 2.75) is 0 Å². The molecule has 0 aliphatic rings. The van der Waals surface area contributed by atoms with Crippen LogP contribution in [0.25, 0.3) is 0 Å². The molecule has 0 bridgehead atoms. The highest BCUT2D eigenvalue weighted by Crippen LogP contribution is 2.36. The molecule has 9 nitrogen and oxygen atoms in total. The smallest absolute Gasteiger partial charge is 0.266 e. The van der Waals surface area contributed by atoms with Gasteiger partial charge >= 0.3 is 0 Å². The summed E-state index contributed by atoms with van der Waals surface area (Å²) in [4.78, 5) is 37.6. The van der Waals surface area contributed by atoms with Crippen molar-refractivity contribution in [3.8, 4) is 0 Å². The number of methoxy groups -OCH3 is 1. The summed E-state index contributed by atoms with van der Waals surface area (Å²) in [5.41, 5.74) is 0.755. The minimum Gasteiger partial charge on any atom is -0.375 e. The van der Waals surface area contributed by atoms with Crippen LogP contribution < -0.4 is 10.2 Å². The normalized spacial score (nSPS) is 11.2. The van der Waals surface area contributed by atoms with Crippen molar-refractivity contribution in [2.24, 2.45) is 0 Å². The predicted octanol–water partition coefficient (Wildman–Crippen LogP) is 1.54. The first kappa shape index (κ1) is 24.9. The minimum atomic E-state index is -4.22. The van der Waals surface area contributed by atoms with Crippen molar-refractivity contribution in [3.05, 3.63) is 21.8 Å². The highest BCUT2D eigenvalue weighted by atomic mass is 127. The topological polar surface area (TPSA) is 130 Å². The van der Waals surface area contributed by atoms with Gasteiger partial charge in [0.25, 0.3) is 21.9 Å². The monoisotopic (exact) mass is 736 g/mol. The lowest BCUT2D eigenvalue weighted by atomic mass is 10.1. The SMILES string of the molecule is COCC(=O)N(C)c1c(I)c(C=O)c(I)c(C(=O)NCCS(=O)(=O)O)c1I. The lowest BCUT2D eigenvalue weighted by Gasteiger charge is -2.24. The Balaban J connectivity index is 3.44. The summed E-state index contributed by atoms with van der Waals surface area (Å²) in [6, 6.07) is 0. The van der Waals surface area contributed by atoms with Gasteiger partial charge in [0.15, 0.2) is 6.29 Å². The summed E-state index contributed by atoms with van der Waals surface area (Å²) in [5, 5.41) is 2.39. The fourth-order valence-electron chi connectivity index (χ4n) is 1.99. The van der Waals surface area contributed by atoms with Crippen molar-refractivity contribution in [2.75, 3.05) is 38.0 Å². The fourth-order valence-corrected chi connectivity index (χ4v) is 6.99. The molecule has 0 spiro atoms. The first-order valence-electron chi connectivity index (χ1n) is 7.10. The number of nitrogens with zero attached hydrogens (tertiary/aromatic N) is 1. The number of nitrogens with one attached hydrogen (secondary N) is 1. The lowest BCUT2D eigenvalue weighted by molar-refractivity contribution is -0.121. The summed E-state index contributed by atoms with van der Waals surface area (Å²) in [5.74, 6) is -1.64. The molecule has 0 radical (unpaired) electrons. The van der Waals surface area contributed by atoms with Gasteiger partial charge in [-0.25, -0.2) is 0 Å². The number of carbonyl (C=O) groups is 3. The van der Waals surface area contributed by atoms with Gasteiger partial charge in [0.1, 0.15) is 6.61 Å². The van der Waals surface area contributed by atoms with E-state index in [0.29, 0.717) is 22.7 Å². The van der Waals surface area contributed by atoms with Crippen LogP contribution in [0.2, 0.25) is 0 Å². The van der Waals surface area contributed by atoms with E-state index in [1.54, 1.807) is 0 Å². The van der Waals surface area contributed by atoms with Crippen LogP contribution in [-0.4, -0.2) is 64.1 Å². The molecule has 1 aromatic rings. The Kier molecular flexibility index (Phi) is 9.79. The molecule has 1 rings (SSSR count). The Morgan fingerprint density at radius 3 is 2.30 bits per heavy atom. The molecule has 0 saturated heterocycles. The van der Waals surface area contributed by atoms with E-state index in [-0.39, 0.29) is 30.2 Å². The second-order valence-electron chi connectivity index (χ2n) is 5.12.